The normalized spacial score (nSPS) is 10.8. The number of rotatable bonds is 2. The Morgan fingerprint density at radius 3 is 2.62 bits per heavy atom. The van der Waals surface area contributed by atoms with E-state index in [2.05, 4.69) is 5.16 Å². The van der Waals surface area contributed by atoms with Gasteiger partial charge in [-0.15, -0.1) is 0 Å². The summed E-state index contributed by atoms with van der Waals surface area (Å²) in [5.41, 5.74) is 7.10. The molecule has 2 N–H and O–H groups in total. The van der Waals surface area contributed by atoms with E-state index in [0.717, 1.165) is 12.1 Å². The number of aromatic nitrogens is 1. The molecule has 0 saturated heterocycles. The highest BCUT2D eigenvalue weighted by Gasteiger charge is 2.20. The Morgan fingerprint density at radius 2 is 1.90 bits per heavy atom. The van der Waals surface area contributed by atoms with E-state index >= 15 is 0 Å². The highest BCUT2D eigenvalue weighted by molar-refractivity contribution is 6.30. The van der Waals surface area contributed by atoms with E-state index in [9.17, 15) is 8.78 Å². The van der Waals surface area contributed by atoms with Crippen molar-refractivity contribution in [3.63, 3.8) is 0 Å². The van der Waals surface area contributed by atoms with Gasteiger partial charge in [-0.1, -0.05) is 28.9 Å². The van der Waals surface area contributed by atoms with Gasteiger partial charge in [0, 0.05) is 22.2 Å². The summed E-state index contributed by atoms with van der Waals surface area (Å²) in [4.78, 5) is 0. The Bertz CT molecular complexity index is 817. The monoisotopic (exact) mass is 306 g/mol. The first-order chi connectivity index (χ1) is 10.1. The van der Waals surface area contributed by atoms with Crippen LogP contribution in [0.3, 0.4) is 0 Å². The molecule has 2 aromatic carbocycles. The van der Waals surface area contributed by atoms with Crippen molar-refractivity contribution in [2.75, 3.05) is 5.73 Å². The van der Waals surface area contributed by atoms with Crippen molar-refractivity contribution >= 4 is 17.5 Å². The molecule has 1 aromatic heterocycles. The summed E-state index contributed by atoms with van der Waals surface area (Å²) < 4.78 is 32.0. The minimum absolute atomic E-state index is 0.0458. The van der Waals surface area contributed by atoms with Crippen molar-refractivity contribution in [2.45, 2.75) is 0 Å². The Hall–Kier alpha value is -2.40. The van der Waals surface area contributed by atoms with Gasteiger partial charge < -0.3 is 10.3 Å². The quantitative estimate of drug-likeness (QED) is 0.757. The molecular weight excluding hydrogens is 298 g/mol. The zero-order chi connectivity index (χ0) is 15.0. The third-order valence-electron chi connectivity index (χ3n) is 3.02. The molecule has 0 aliphatic carbocycles. The predicted molar refractivity (Wildman–Crippen MR) is 76.7 cm³/mol. The minimum atomic E-state index is -0.742. The van der Waals surface area contributed by atoms with E-state index in [0.29, 0.717) is 16.3 Å². The number of benzene rings is 2. The van der Waals surface area contributed by atoms with Gasteiger partial charge in [-0.05, 0) is 24.3 Å². The fourth-order valence-corrected chi connectivity index (χ4v) is 2.28. The van der Waals surface area contributed by atoms with Crippen LogP contribution in [0.15, 0.2) is 47.0 Å². The topological polar surface area (TPSA) is 52.0 Å². The maximum atomic E-state index is 14.0. The molecule has 3 aromatic rings. The lowest BCUT2D eigenvalue weighted by Gasteiger charge is -2.05. The van der Waals surface area contributed by atoms with Crippen molar-refractivity contribution in [3.05, 3.63) is 59.1 Å². The molecule has 0 radical (unpaired) electrons. The molecule has 6 heteroatoms. The van der Waals surface area contributed by atoms with E-state index in [4.69, 9.17) is 21.9 Å². The number of nitrogen functional groups attached to an aromatic ring is 1. The number of hydrogen-bond donors (Lipinski definition) is 1. The third kappa shape index (κ3) is 2.48. The molecule has 0 spiro atoms. The van der Waals surface area contributed by atoms with Crippen LogP contribution in [0.5, 0.6) is 0 Å². The summed E-state index contributed by atoms with van der Waals surface area (Å²) in [5, 5.41) is 4.35. The highest BCUT2D eigenvalue weighted by Crippen LogP contribution is 2.38. The molecule has 0 fully saturated rings. The molecule has 3 nitrogen and oxygen atoms in total. The summed E-state index contributed by atoms with van der Waals surface area (Å²) in [7, 11) is 0. The zero-order valence-electron chi connectivity index (χ0n) is 10.6. The van der Waals surface area contributed by atoms with Crippen molar-refractivity contribution in [3.8, 4) is 22.4 Å². The van der Waals surface area contributed by atoms with Crippen LogP contribution < -0.4 is 5.73 Å². The van der Waals surface area contributed by atoms with E-state index < -0.39 is 11.6 Å². The van der Waals surface area contributed by atoms with Crippen LogP contribution in [0.25, 0.3) is 22.4 Å². The van der Waals surface area contributed by atoms with Crippen LogP contribution in [-0.4, -0.2) is 5.16 Å². The molecule has 0 amide bonds. The molecule has 1 heterocycles. The lowest BCUT2D eigenvalue weighted by molar-refractivity contribution is 0.439. The number of hydrogen-bond acceptors (Lipinski definition) is 3. The van der Waals surface area contributed by atoms with E-state index in [1.807, 2.05) is 0 Å². The molecule has 0 saturated carbocycles. The Labute approximate surface area is 123 Å². The van der Waals surface area contributed by atoms with Crippen LogP contribution in [-0.2, 0) is 0 Å². The zero-order valence-corrected chi connectivity index (χ0v) is 11.4. The van der Waals surface area contributed by atoms with Gasteiger partial charge in [-0.25, -0.2) is 8.78 Å². The molecule has 21 heavy (non-hydrogen) atoms. The van der Waals surface area contributed by atoms with Gasteiger partial charge in [0.1, 0.15) is 17.3 Å². The largest absolute Gasteiger partial charge is 0.367 e. The summed E-state index contributed by atoms with van der Waals surface area (Å²) in [6.07, 6.45) is 0. The average Bonchev–Trinajstić information content (AvgIpc) is 2.81. The lowest BCUT2D eigenvalue weighted by Crippen LogP contribution is -1.92. The number of anilines is 1. The van der Waals surface area contributed by atoms with Crippen molar-refractivity contribution < 1.29 is 13.3 Å². The minimum Gasteiger partial charge on any atom is -0.367 e. The lowest BCUT2D eigenvalue weighted by atomic mass is 10.0. The molecular formula is C15H9ClF2N2O. The van der Waals surface area contributed by atoms with Gasteiger partial charge in [-0.2, -0.15) is 0 Å². The smallest absolute Gasteiger partial charge is 0.230 e. The van der Waals surface area contributed by atoms with Gasteiger partial charge in [0.05, 0.1) is 5.56 Å². The summed E-state index contributed by atoms with van der Waals surface area (Å²) in [5.74, 6) is -1.46. The van der Waals surface area contributed by atoms with E-state index in [1.165, 1.54) is 6.07 Å². The van der Waals surface area contributed by atoms with Crippen LogP contribution in [0.4, 0.5) is 14.7 Å². The first kappa shape index (κ1) is 13.6. The van der Waals surface area contributed by atoms with Crippen molar-refractivity contribution in [2.24, 2.45) is 0 Å². The second-order valence-corrected chi connectivity index (χ2v) is 4.84. The average molecular weight is 307 g/mol. The number of nitrogens with zero attached hydrogens (tertiary/aromatic N) is 1. The highest BCUT2D eigenvalue weighted by atomic mass is 35.5. The van der Waals surface area contributed by atoms with Gasteiger partial charge in [-0.3, -0.25) is 0 Å². The summed E-state index contributed by atoms with van der Waals surface area (Å²) >= 11 is 5.94. The first-order valence-electron chi connectivity index (χ1n) is 6.03. The molecule has 0 aliphatic rings. The Kier molecular flexibility index (Phi) is 3.35. The van der Waals surface area contributed by atoms with Crippen LogP contribution >= 0.6 is 11.6 Å². The standard InChI is InChI=1S/C15H9ClF2N2O/c16-9-3-1-2-8(6-9)14-13(15(19)21-20-14)11-5-4-10(17)7-12(11)18/h1-7H,19H2. The molecule has 0 aliphatic heterocycles. The third-order valence-corrected chi connectivity index (χ3v) is 3.25. The summed E-state index contributed by atoms with van der Waals surface area (Å²) in [6.45, 7) is 0. The number of nitrogens with two attached hydrogens (primary N) is 1. The maximum Gasteiger partial charge on any atom is 0.230 e. The fourth-order valence-electron chi connectivity index (χ4n) is 2.09. The van der Waals surface area contributed by atoms with E-state index in [-0.39, 0.29) is 17.0 Å². The van der Waals surface area contributed by atoms with Gasteiger partial charge in [0.25, 0.3) is 0 Å². The Balaban J connectivity index is 2.22. The van der Waals surface area contributed by atoms with Gasteiger partial charge in [0.2, 0.25) is 5.88 Å². The van der Waals surface area contributed by atoms with Crippen LogP contribution in [0.2, 0.25) is 5.02 Å². The summed E-state index contributed by atoms with van der Waals surface area (Å²) in [6, 6.07) is 10.1. The van der Waals surface area contributed by atoms with Gasteiger partial charge in [0.15, 0.2) is 0 Å². The molecule has 0 atom stereocenters. The van der Waals surface area contributed by atoms with Crippen molar-refractivity contribution in [1.82, 2.24) is 5.16 Å². The van der Waals surface area contributed by atoms with Crippen molar-refractivity contribution in [1.29, 1.82) is 0 Å². The van der Waals surface area contributed by atoms with Crippen LogP contribution in [0.1, 0.15) is 0 Å². The Morgan fingerprint density at radius 1 is 1.10 bits per heavy atom. The second-order valence-electron chi connectivity index (χ2n) is 4.40. The predicted octanol–water partition coefficient (Wildman–Crippen LogP) is 4.52. The maximum absolute atomic E-state index is 14.0. The van der Waals surface area contributed by atoms with Gasteiger partial charge >= 0.3 is 0 Å². The SMILES string of the molecule is Nc1onc(-c2cccc(Cl)c2)c1-c1ccc(F)cc1F. The molecule has 0 unspecified atom stereocenters. The number of halogens is 3. The van der Waals surface area contributed by atoms with Crippen LogP contribution in [0, 0.1) is 11.6 Å². The second kappa shape index (κ2) is 5.18. The molecule has 3 rings (SSSR count). The van der Waals surface area contributed by atoms with E-state index in [1.54, 1.807) is 24.3 Å². The fraction of sp³-hybridized carbons (Fsp3) is 0. The molecule has 106 valence electrons. The molecule has 0 bridgehead atoms. The first-order valence-corrected chi connectivity index (χ1v) is 6.40.